The third kappa shape index (κ3) is 4540. The van der Waals surface area contributed by atoms with Crippen LogP contribution in [0.1, 0.15) is 0 Å². The molecule has 0 spiro atoms. The van der Waals surface area contributed by atoms with Crippen molar-refractivity contribution >= 4 is 20.8 Å². The van der Waals surface area contributed by atoms with Crippen LogP contribution in [-0.2, 0) is 41.2 Å². The first-order valence-corrected chi connectivity index (χ1v) is 4.00. The van der Waals surface area contributed by atoms with E-state index >= 15 is 0 Å². The second-order valence-corrected chi connectivity index (χ2v) is 2.45. The van der Waals surface area contributed by atoms with Crippen LogP contribution in [-0.4, -0.2) is 35.0 Å². The summed E-state index contributed by atoms with van der Waals surface area (Å²) in [6.07, 6.45) is 0. The molecule has 0 amide bonds. The summed E-state index contributed by atoms with van der Waals surface area (Å²) >= 11 is 0. The first-order chi connectivity index (χ1) is 4.00. The van der Waals surface area contributed by atoms with Crippen LogP contribution in [0.3, 0.4) is 0 Å². The van der Waals surface area contributed by atoms with Crippen LogP contribution >= 0.6 is 0 Å². The molecule has 11 heavy (non-hydrogen) atoms. The van der Waals surface area contributed by atoms with Crippen LogP contribution < -0.4 is 0 Å². The van der Waals surface area contributed by atoms with E-state index in [1.165, 1.54) is 0 Å². The Morgan fingerprint density at radius 1 is 0.636 bits per heavy atom. The van der Waals surface area contributed by atoms with Crippen molar-refractivity contribution in [2.24, 2.45) is 0 Å². The maximum atomic E-state index is 8.52. The van der Waals surface area contributed by atoms with Gasteiger partial charge in [0, 0.05) is 41.2 Å². The van der Waals surface area contributed by atoms with E-state index in [1.54, 1.807) is 0 Å². The average molecular weight is 299 g/mol. The molecule has 0 aromatic heterocycles. The summed E-state index contributed by atoms with van der Waals surface area (Å²) in [6.45, 7) is 0. The Bertz CT molecular complexity index is 208. The molecule has 0 fully saturated rings. The van der Waals surface area contributed by atoms with Gasteiger partial charge in [-0.3, -0.25) is 16.8 Å². The molecule has 0 aromatic rings. The Hall–Kier alpha value is 0.402. The Morgan fingerprint density at radius 2 is 0.636 bits per heavy atom. The molecule has 0 aliphatic carbocycles. The Kier molecular flexibility index (Phi) is 9.50. The zero-order valence-corrected chi connectivity index (χ0v) is 7.59. The van der Waals surface area contributed by atoms with Crippen LogP contribution in [0.15, 0.2) is 0 Å². The SMILES string of the molecule is O=S(=O)([O-])[O-].O=S(=O)([O-])[O-].[Pd]. The van der Waals surface area contributed by atoms with Gasteiger partial charge >= 0.3 is 0 Å². The van der Waals surface area contributed by atoms with E-state index in [-0.39, 0.29) is 20.4 Å². The molecular formula is O8PdS2-4. The van der Waals surface area contributed by atoms with Gasteiger partial charge in [-0.15, -0.1) is 0 Å². The molecule has 8 nitrogen and oxygen atoms in total. The third-order valence-electron chi connectivity index (χ3n) is 0. The van der Waals surface area contributed by atoms with Crippen molar-refractivity contribution in [1.82, 2.24) is 0 Å². The fraction of sp³-hybridized carbons (Fsp3) is 0. The van der Waals surface area contributed by atoms with Gasteiger partial charge in [0.05, 0.1) is 0 Å². The largest absolute Gasteiger partial charge is 0.759 e. The average Bonchev–Trinajstić information content (AvgIpc) is 1.12. The van der Waals surface area contributed by atoms with E-state index in [0.29, 0.717) is 0 Å². The molecule has 0 unspecified atom stereocenters. The van der Waals surface area contributed by atoms with Crippen molar-refractivity contribution in [3.8, 4) is 0 Å². The third-order valence-corrected chi connectivity index (χ3v) is 0. The van der Waals surface area contributed by atoms with E-state index < -0.39 is 20.8 Å². The van der Waals surface area contributed by atoms with Gasteiger partial charge in [-0.1, -0.05) is 0 Å². The summed E-state index contributed by atoms with van der Waals surface area (Å²) in [5, 5.41) is 0. The van der Waals surface area contributed by atoms with Crippen molar-refractivity contribution in [3.63, 3.8) is 0 Å². The Balaban J connectivity index is -0.000000107. The van der Waals surface area contributed by atoms with Crippen LogP contribution in [0.5, 0.6) is 0 Å². The predicted molar refractivity (Wildman–Crippen MR) is 20.9 cm³/mol. The molecule has 0 aliphatic heterocycles. The fourth-order valence-corrected chi connectivity index (χ4v) is 0. The van der Waals surface area contributed by atoms with Gasteiger partial charge < -0.3 is 18.2 Å². The molecule has 0 heterocycles. The maximum Gasteiger partial charge on any atom is 0.0311 e. The van der Waals surface area contributed by atoms with Crippen molar-refractivity contribution in [2.45, 2.75) is 0 Å². The van der Waals surface area contributed by atoms with Crippen molar-refractivity contribution < 1.29 is 55.5 Å². The minimum atomic E-state index is -5.17. The summed E-state index contributed by atoms with van der Waals surface area (Å²) in [5.41, 5.74) is 0. The quantitative estimate of drug-likeness (QED) is 0.265. The standard InChI is InChI=1S/2H2O4S.Pd/c2*1-5(2,3)4;/h2*(H2,1,2,3,4);/p-4. The second-order valence-electron chi connectivity index (χ2n) is 0.816. The molecule has 0 aliphatic rings. The minimum Gasteiger partial charge on any atom is -0.759 e. The van der Waals surface area contributed by atoms with E-state index in [1.807, 2.05) is 0 Å². The Morgan fingerprint density at radius 3 is 0.636 bits per heavy atom. The van der Waals surface area contributed by atoms with Gasteiger partial charge in [-0.2, -0.15) is 0 Å². The molecule has 0 rings (SSSR count). The second kappa shape index (κ2) is 5.98. The molecule has 0 bridgehead atoms. The van der Waals surface area contributed by atoms with Crippen LogP contribution in [0.4, 0.5) is 0 Å². The molecule has 0 N–H and O–H groups in total. The molecule has 0 radical (unpaired) electrons. The topological polar surface area (TPSA) is 161 Å². The van der Waals surface area contributed by atoms with Gasteiger partial charge in [0.25, 0.3) is 0 Å². The van der Waals surface area contributed by atoms with Gasteiger partial charge in [-0.25, -0.2) is 0 Å². The first kappa shape index (κ1) is 17.5. The van der Waals surface area contributed by atoms with Gasteiger partial charge in [0.1, 0.15) is 0 Å². The normalized spacial score (nSPS) is 10.5. The summed E-state index contributed by atoms with van der Waals surface area (Å²) in [6, 6.07) is 0. The number of rotatable bonds is 0. The van der Waals surface area contributed by atoms with Gasteiger partial charge in [0.15, 0.2) is 0 Å². The van der Waals surface area contributed by atoms with Crippen LogP contribution in [0, 0.1) is 0 Å². The minimum absolute atomic E-state index is 0. The molecule has 11 heteroatoms. The van der Waals surface area contributed by atoms with Crippen molar-refractivity contribution in [1.29, 1.82) is 0 Å². The molecule has 0 atom stereocenters. The van der Waals surface area contributed by atoms with Crippen LogP contribution in [0.25, 0.3) is 0 Å². The van der Waals surface area contributed by atoms with Crippen molar-refractivity contribution in [3.05, 3.63) is 0 Å². The Labute approximate surface area is 76.4 Å². The number of hydrogen-bond donors (Lipinski definition) is 0. The van der Waals surface area contributed by atoms with E-state index in [0.717, 1.165) is 0 Å². The molecule has 74 valence electrons. The zero-order chi connectivity index (χ0) is 9.00. The van der Waals surface area contributed by atoms with E-state index in [9.17, 15) is 0 Å². The predicted octanol–water partition coefficient (Wildman–Crippen LogP) is -2.68. The summed E-state index contributed by atoms with van der Waals surface area (Å²) < 4.78 is 68.2. The van der Waals surface area contributed by atoms with Crippen LogP contribution in [0.2, 0.25) is 0 Å². The molecule has 0 aromatic carbocycles. The van der Waals surface area contributed by atoms with Crippen molar-refractivity contribution in [2.75, 3.05) is 0 Å². The zero-order valence-electron chi connectivity index (χ0n) is 4.40. The smallest absolute Gasteiger partial charge is 0.0311 e. The molecular weight excluding hydrogens is 299 g/mol. The maximum absolute atomic E-state index is 8.52. The first-order valence-electron chi connectivity index (χ1n) is 1.33. The monoisotopic (exact) mass is 298 g/mol. The summed E-state index contributed by atoms with van der Waals surface area (Å²) in [7, 11) is -10.3. The van der Waals surface area contributed by atoms with Gasteiger partial charge in [-0.05, 0) is 0 Å². The van der Waals surface area contributed by atoms with Gasteiger partial charge in [0.2, 0.25) is 0 Å². The summed E-state index contributed by atoms with van der Waals surface area (Å²) in [4.78, 5) is 0. The molecule has 0 saturated carbocycles. The fourth-order valence-electron chi connectivity index (χ4n) is 0. The van der Waals surface area contributed by atoms with E-state index in [4.69, 9.17) is 35.0 Å². The van der Waals surface area contributed by atoms with E-state index in [2.05, 4.69) is 0 Å². The summed E-state index contributed by atoms with van der Waals surface area (Å²) in [5.74, 6) is 0. The molecule has 0 saturated heterocycles. The number of hydrogen-bond acceptors (Lipinski definition) is 8.